The summed E-state index contributed by atoms with van der Waals surface area (Å²) < 4.78 is 13.2. The van der Waals surface area contributed by atoms with Gasteiger partial charge in [-0.3, -0.25) is 4.79 Å². The zero-order valence-electron chi connectivity index (χ0n) is 11.9. The Morgan fingerprint density at radius 3 is 2.45 bits per heavy atom. The Morgan fingerprint density at radius 2 is 1.80 bits per heavy atom. The minimum atomic E-state index is -0.298. The van der Waals surface area contributed by atoms with Gasteiger partial charge < -0.3 is 0 Å². The maximum Gasteiger partial charge on any atom is 0.167 e. The maximum atomic E-state index is 13.2. The molecule has 0 aliphatic heterocycles. The molecule has 0 bridgehead atoms. The zero-order chi connectivity index (χ0) is 14.5. The normalized spacial score (nSPS) is 10.6. The second kappa shape index (κ2) is 6.47. The Hall–Kier alpha value is -1.96. The maximum absolute atomic E-state index is 13.2. The first-order chi connectivity index (χ1) is 9.63. The molecular weight excluding hydrogens is 251 g/mol. The summed E-state index contributed by atoms with van der Waals surface area (Å²) in [4.78, 5) is 12.5. The summed E-state index contributed by atoms with van der Waals surface area (Å²) in [6.07, 6.45) is 1.98. The number of benzene rings is 2. The Labute approximate surface area is 119 Å². The first kappa shape index (κ1) is 14.4. The summed E-state index contributed by atoms with van der Waals surface area (Å²) in [5, 5.41) is 0. The number of hydrogen-bond donors (Lipinski definition) is 0. The van der Waals surface area contributed by atoms with Gasteiger partial charge in [-0.15, -0.1) is 0 Å². The molecule has 0 radical (unpaired) electrons. The summed E-state index contributed by atoms with van der Waals surface area (Å²) >= 11 is 0. The Balaban J connectivity index is 2.28. The highest BCUT2D eigenvalue weighted by Crippen LogP contribution is 2.17. The van der Waals surface area contributed by atoms with Gasteiger partial charge in [0.15, 0.2) is 5.78 Å². The molecule has 0 saturated carbocycles. The second-order valence-corrected chi connectivity index (χ2v) is 4.93. The highest BCUT2D eigenvalue weighted by atomic mass is 19.1. The van der Waals surface area contributed by atoms with E-state index < -0.39 is 0 Å². The molecule has 0 unspecified atom stereocenters. The van der Waals surface area contributed by atoms with Crippen LogP contribution in [-0.4, -0.2) is 5.78 Å². The van der Waals surface area contributed by atoms with Crippen molar-refractivity contribution in [2.45, 2.75) is 33.1 Å². The van der Waals surface area contributed by atoms with Crippen molar-refractivity contribution >= 4 is 5.78 Å². The quantitative estimate of drug-likeness (QED) is 0.737. The lowest BCUT2D eigenvalue weighted by Crippen LogP contribution is -2.08. The van der Waals surface area contributed by atoms with Crippen LogP contribution < -0.4 is 0 Å². The molecule has 0 aromatic heterocycles. The van der Waals surface area contributed by atoms with Gasteiger partial charge in [0.1, 0.15) is 5.82 Å². The number of ketones is 1. The van der Waals surface area contributed by atoms with Crippen LogP contribution in [0, 0.1) is 5.82 Å². The molecule has 0 fully saturated rings. The van der Waals surface area contributed by atoms with E-state index in [-0.39, 0.29) is 18.0 Å². The fraction of sp³-hybridized carbons (Fsp3) is 0.278. The van der Waals surface area contributed by atoms with Gasteiger partial charge in [-0.2, -0.15) is 0 Å². The lowest BCUT2D eigenvalue weighted by Gasteiger charge is -2.09. The van der Waals surface area contributed by atoms with E-state index in [1.807, 2.05) is 19.1 Å². The van der Waals surface area contributed by atoms with Crippen molar-refractivity contribution in [2.24, 2.45) is 0 Å². The average Bonchev–Trinajstić information content (AvgIpc) is 2.46. The summed E-state index contributed by atoms with van der Waals surface area (Å²) in [6.45, 7) is 4.11. The number of Topliss-reactive ketones (excluding diaryl/α,β-unsaturated/α-hetero) is 1. The molecule has 0 N–H and O–H groups in total. The van der Waals surface area contributed by atoms with E-state index in [1.54, 1.807) is 12.1 Å². The van der Waals surface area contributed by atoms with Gasteiger partial charge >= 0.3 is 0 Å². The van der Waals surface area contributed by atoms with Crippen molar-refractivity contribution < 1.29 is 9.18 Å². The lowest BCUT2D eigenvalue weighted by molar-refractivity contribution is 0.0992. The molecule has 0 saturated heterocycles. The van der Waals surface area contributed by atoms with E-state index in [9.17, 15) is 9.18 Å². The Morgan fingerprint density at radius 1 is 1.00 bits per heavy atom. The van der Waals surface area contributed by atoms with E-state index in [2.05, 4.69) is 13.0 Å². The average molecular weight is 270 g/mol. The van der Waals surface area contributed by atoms with E-state index >= 15 is 0 Å². The molecule has 20 heavy (non-hydrogen) atoms. The van der Waals surface area contributed by atoms with Crippen LogP contribution in [0.15, 0.2) is 42.5 Å². The highest BCUT2D eigenvalue weighted by Gasteiger charge is 2.12. The molecule has 0 atom stereocenters. The third kappa shape index (κ3) is 3.32. The molecule has 104 valence electrons. The van der Waals surface area contributed by atoms with Crippen molar-refractivity contribution in [1.82, 2.24) is 0 Å². The first-order valence-corrected chi connectivity index (χ1v) is 7.03. The summed E-state index contributed by atoms with van der Waals surface area (Å²) in [5.74, 6) is -0.240. The minimum absolute atomic E-state index is 0.0581. The van der Waals surface area contributed by atoms with Crippen LogP contribution in [0.25, 0.3) is 0 Å². The van der Waals surface area contributed by atoms with Crippen LogP contribution in [0.4, 0.5) is 4.39 Å². The lowest BCUT2D eigenvalue weighted by atomic mass is 9.94. The number of carbonyl (C=O) groups is 1. The van der Waals surface area contributed by atoms with Crippen LogP contribution in [-0.2, 0) is 19.3 Å². The molecule has 1 nitrogen and oxygen atoms in total. The predicted molar refractivity (Wildman–Crippen MR) is 79.6 cm³/mol. The number of rotatable bonds is 5. The number of halogens is 1. The third-order valence-electron chi connectivity index (χ3n) is 3.52. The smallest absolute Gasteiger partial charge is 0.167 e. The van der Waals surface area contributed by atoms with Crippen LogP contribution in [0.2, 0.25) is 0 Å². The van der Waals surface area contributed by atoms with Gasteiger partial charge in [-0.05, 0) is 47.7 Å². The van der Waals surface area contributed by atoms with Gasteiger partial charge in [0.25, 0.3) is 0 Å². The Bertz CT molecular complexity index is 617. The Kier molecular flexibility index (Phi) is 4.67. The van der Waals surface area contributed by atoms with Gasteiger partial charge in [0, 0.05) is 12.0 Å². The number of aryl methyl sites for hydroxylation is 2. The molecule has 0 heterocycles. The topological polar surface area (TPSA) is 17.1 Å². The predicted octanol–water partition coefficient (Wildman–Crippen LogP) is 4.38. The fourth-order valence-electron chi connectivity index (χ4n) is 2.34. The molecule has 0 aliphatic rings. The van der Waals surface area contributed by atoms with E-state index in [4.69, 9.17) is 0 Å². The standard InChI is InChI=1S/C18H19FO/c1-3-13-8-9-15(4-2)17(11-13)18(20)12-14-6-5-7-16(19)10-14/h5-11H,3-4,12H2,1-2H3. The van der Waals surface area contributed by atoms with Crippen molar-refractivity contribution in [2.75, 3.05) is 0 Å². The molecule has 0 aliphatic carbocycles. The monoisotopic (exact) mass is 270 g/mol. The number of carbonyl (C=O) groups excluding carboxylic acids is 1. The third-order valence-corrected chi connectivity index (χ3v) is 3.52. The minimum Gasteiger partial charge on any atom is -0.294 e. The molecule has 2 rings (SSSR count). The van der Waals surface area contributed by atoms with Crippen molar-refractivity contribution in [3.8, 4) is 0 Å². The number of hydrogen-bond acceptors (Lipinski definition) is 1. The van der Waals surface area contributed by atoms with E-state index in [1.165, 1.54) is 12.1 Å². The van der Waals surface area contributed by atoms with Crippen LogP contribution >= 0.6 is 0 Å². The summed E-state index contributed by atoms with van der Waals surface area (Å²) in [7, 11) is 0. The van der Waals surface area contributed by atoms with Crippen LogP contribution in [0.3, 0.4) is 0 Å². The van der Waals surface area contributed by atoms with Crippen molar-refractivity contribution in [3.63, 3.8) is 0 Å². The molecule has 0 spiro atoms. The molecule has 2 aromatic rings. The molecular formula is C18H19FO. The van der Waals surface area contributed by atoms with Crippen LogP contribution in [0.5, 0.6) is 0 Å². The fourth-order valence-corrected chi connectivity index (χ4v) is 2.34. The molecule has 2 heteroatoms. The van der Waals surface area contributed by atoms with Gasteiger partial charge in [-0.25, -0.2) is 4.39 Å². The summed E-state index contributed by atoms with van der Waals surface area (Å²) in [5.41, 5.74) is 3.71. The summed E-state index contributed by atoms with van der Waals surface area (Å²) in [6, 6.07) is 12.3. The van der Waals surface area contributed by atoms with E-state index in [0.29, 0.717) is 0 Å². The van der Waals surface area contributed by atoms with Gasteiger partial charge in [-0.1, -0.05) is 38.1 Å². The SMILES string of the molecule is CCc1ccc(CC)c(C(=O)Cc2cccc(F)c2)c1. The van der Waals surface area contributed by atoms with Gasteiger partial charge in [0.05, 0.1) is 0 Å². The van der Waals surface area contributed by atoms with Crippen molar-refractivity contribution in [3.05, 3.63) is 70.5 Å². The molecule has 0 amide bonds. The van der Waals surface area contributed by atoms with Crippen LogP contribution in [0.1, 0.15) is 40.9 Å². The van der Waals surface area contributed by atoms with Crippen molar-refractivity contribution in [1.29, 1.82) is 0 Å². The zero-order valence-corrected chi connectivity index (χ0v) is 11.9. The van der Waals surface area contributed by atoms with Gasteiger partial charge in [0.2, 0.25) is 0 Å². The molecule has 2 aromatic carbocycles. The highest BCUT2D eigenvalue weighted by molar-refractivity contribution is 5.99. The second-order valence-electron chi connectivity index (χ2n) is 4.93. The largest absolute Gasteiger partial charge is 0.294 e. The first-order valence-electron chi connectivity index (χ1n) is 7.03. The van der Waals surface area contributed by atoms with E-state index in [0.717, 1.165) is 35.1 Å².